The number of nitrogens with one attached hydrogen (secondary N) is 2. The molecule has 37 heavy (non-hydrogen) atoms. The van der Waals surface area contributed by atoms with Crippen LogP contribution in [0.4, 0.5) is 8.78 Å². The summed E-state index contributed by atoms with van der Waals surface area (Å²) in [5.41, 5.74) is 2.19. The maximum atomic E-state index is 13.5. The van der Waals surface area contributed by atoms with E-state index in [9.17, 15) is 22.0 Å². The molecule has 196 valence electrons. The molecule has 3 aromatic rings. The molecule has 0 aliphatic carbocycles. The predicted molar refractivity (Wildman–Crippen MR) is 139 cm³/mol. The molecule has 1 heterocycles. The molecule has 0 aromatic heterocycles. The Bertz CT molecular complexity index is 1290. The lowest BCUT2D eigenvalue weighted by Gasteiger charge is -2.40. The Morgan fingerprint density at radius 1 is 0.892 bits per heavy atom. The third-order valence-electron chi connectivity index (χ3n) is 6.89. The lowest BCUT2D eigenvalue weighted by atomic mass is 9.72. The van der Waals surface area contributed by atoms with Crippen molar-refractivity contribution in [3.63, 3.8) is 0 Å². The zero-order valence-electron chi connectivity index (χ0n) is 20.5. The predicted octanol–water partition coefficient (Wildman–Crippen LogP) is 4.02. The minimum Gasteiger partial charge on any atom is -0.355 e. The average molecular weight is 528 g/mol. The number of amides is 1. The molecule has 0 spiro atoms. The van der Waals surface area contributed by atoms with Gasteiger partial charge in [-0.2, -0.15) is 17.4 Å². The Kier molecular flexibility index (Phi) is 8.68. The zero-order chi connectivity index (χ0) is 26.3. The first-order chi connectivity index (χ1) is 17.8. The highest BCUT2D eigenvalue weighted by atomic mass is 32.2. The summed E-state index contributed by atoms with van der Waals surface area (Å²) in [7, 11) is -3.78. The van der Waals surface area contributed by atoms with Gasteiger partial charge in [0.05, 0.1) is 5.41 Å². The van der Waals surface area contributed by atoms with Crippen molar-refractivity contribution in [3.8, 4) is 0 Å². The Morgan fingerprint density at radius 2 is 1.57 bits per heavy atom. The fourth-order valence-electron chi connectivity index (χ4n) is 4.74. The first-order valence-electron chi connectivity index (χ1n) is 12.3. The lowest BCUT2D eigenvalue weighted by Crippen LogP contribution is -2.54. The second-order valence-corrected chi connectivity index (χ2v) is 11.0. The van der Waals surface area contributed by atoms with Crippen LogP contribution in [0.2, 0.25) is 0 Å². The number of alkyl halides is 1. The van der Waals surface area contributed by atoms with Gasteiger partial charge in [-0.15, -0.1) is 0 Å². The van der Waals surface area contributed by atoms with Crippen LogP contribution in [0.1, 0.15) is 35.1 Å². The quantitative estimate of drug-likeness (QED) is 0.418. The van der Waals surface area contributed by atoms with Crippen LogP contribution in [0.3, 0.4) is 0 Å². The van der Waals surface area contributed by atoms with Crippen LogP contribution in [0, 0.1) is 5.82 Å². The molecule has 1 amide bonds. The van der Waals surface area contributed by atoms with Gasteiger partial charge in [-0.3, -0.25) is 4.79 Å². The first kappa shape index (κ1) is 26.9. The molecule has 3 aromatic carbocycles. The van der Waals surface area contributed by atoms with E-state index in [-0.39, 0.29) is 31.4 Å². The van der Waals surface area contributed by atoms with Gasteiger partial charge in [-0.1, -0.05) is 66.7 Å². The number of carbonyl (C=O) groups is 1. The number of hydrogen-bond donors (Lipinski definition) is 2. The van der Waals surface area contributed by atoms with E-state index in [0.717, 1.165) is 11.1 Å². The van der Waals surface area contributed by atoms with Crippen molar-refractivity contribution in [3.05, 3.63) is 107 Å². The summed E-state index contributed by atoms with van der Waals surface area (Å²) in [4.78, 5) is 13.5. The van der Waals surface area contributed by atoms with Crippen molar-refractivity contribution in [2.24, 2.45) is 0 Å². The second kappa shape index (κ2) is 11.9. The molecule has 0 unspecified atom stereocenters. The van der Waals surface area contributed by atoms with Gasteiger partial charge in [-0.05, 0) is 53.6 Å². The summed E-state index contributed by atoms with van der Waals surface area (Å²) in [5, 5.41) is 3.04. The van der Waals surface area contributed by atoms with E-state index >= 15 is 0 Å². The number of hydrogen-bond acceptors (Lipinski definition) is 3. The molecule has 2 N–H and O–H groups in total. The normalized spacial score (nSPS) is 15.8. The van der Waals surface area contributed by atoms with Crippen LogP contribution < -0.4 is 10.0 Å². The summed E-state index contributed by atoms with van der Waals surface area (Å²) in [6.07, 6.45) is 1.23. The van der Waals surface area contributed by atoms with Crippen LogP contribution in [0.5, 0.6) is 0 Å². The molecular weight excluding hydrogens is 496 g/mol. The van der Waals surface area contributed by atoms with E-state index in [4.69, 9.17) is 0 Å². The van der Waals surface area contributed by atoms with Crippen LogP contribution in [0.15, 0.2) is 78.9 Å². The molecule has 1 aliphatic rings. The summed E-state index contributed by atoms with van der Waals surface area (Å²) in [5.74, 6) is -0.525. The van der Waals surface area contributed by atoms with Crippen molar-refractivity contribution in [2.45, 2.75) is 37.9 Å². The largest absolute Gasteiger partial charge is 0.355 e. The molecule has 0 saturated carbocycles. The van der Waals surface area contributed by atoms with Crippen molar-refractivity contribution in [1.29, 1.82) is 0 Å². The van der Waals surface area contributed by atoms with Crippen molar-refractivity contribution in [2.75, 3.05) is 19.6 Å². The smallest absolute Gasteiger partial charge is 0.279 e. The Hall–Kier alpha value is -3.14. The summed E-state index contributed by atoms with van der Waals surface area (Å²) in [6, 6.07) is 22.3. The second-order valence-electron chi connectivity index (χ2n) is 9.26. The highest BCUT2D eigenvalue weighted by molar-refractivity contribution is 7.87. The van der Waals surface area contributed by atoms with E-state index in [1.807, 2.05) is 36.4 Å². The molecule has 0 atom stereocenters. The van der Waals surface area contributed by atoms with Gasteiger partial charge >= 0.3 is 0 Å². The fourth-order valence-corrected chi connectivity index (χ4v) is 5.93. The standard InChI is InChI=1S/C28H31F2N3O3S/c29-20-24-6-4-5-22(19-24)13-16-31-27(34)28(25-7-2-1-3-8-25)14-17-33(18-15-28)37(35,36)32-21-23-9-11-26(30)12-10-23/h1-12,19,32H,13-18,20-21H2,(H,31,34). The summed E-state index contributed by atoms with van der Waals surface area (Å²) >= 11 is 0. The Morgan fingerprint density at radius 3 is 2.24 bits per heavy atom. The molecule has 9 heteroatoms. The van der Waals surface area contributed by atoms with Gasteiger partial charge in [0.15, 0.2) is 0 Å². The molecule has 1 fully saturated rings. The topological polar surface area (TPSA) is 78.5 Å². The van der Waals surface area contributed by atoms with E-state index in [1.165, 1.54) is 28.6 Å². The molecular formula is C28H31F2N3O3S. The van der Waals surface area contributed by atoms with Crippen LogP contribution in [-0.4, -0.2) is 38.3 Å². The SMILES string of the molecule is O=C(NCCc1cccc(CF)c1)C1(c2ccccc2)CCN(S(=O)(=O)NCc2ccc(F)cc2)CC1. The van der Waals surface area contributed by atoms with E-state index in [0.29, 0.717) is 36.9 Å². The number of carbonyl (C=O) groups excluding carboxylic acids is 1. The molecule has 6 nitrogen and oxygen atoms in total. The molecule has 0 bridgehead atoms. The van der Waals surface area contributed by atoms with Gasteiger partial charge in [0.1, 0.15) is 12.5 Å². The Balaban J connectivity index is 1.41. The van der Waals surface area contributed by atoms with Gasteiger partial charge in [0.25, 0.3) is 10.2 Å². The van der Waals surface area contributed by atoms with Crippen LogP contribution in [0.25, 0.3) is 0 Å². The zero-order valence-corrected chi connectivity index (χ0v) is 21.3. The Labute approximate surface area is 216 Å². The van der Waals surface area contributed by atoms with Crippen molar-refractivity contribution in [1.82, 2.24) is 14.3 Å². The van der Waals surface area contributed by atoms with Crippen LogP contribution >= 0.6 is 0 Å². The van der Waals surface area contributed by atoms with Gasteiger partial charge in [-0.25, -0.2) is 8.78 Å². The molecule has 1 saturated heterocycles. The molecule has 1 aliphatic heterocycles. The molecule has 4 rings (SSSR count). The molecule has 0 radical (unpaired) electrons. The van der Waals surface area contributed by atoms with Crippen molar-refractivity contribution >= 4 is 16.1 Å². The number of benzene rings is 3. The summed E-state index contributed by atoms with van der Waals surface area (Å²) < 4.78 is 55.9. The maximum Gasteiger partial charge on any atom is 0.279 e. The third-order valence-corrected chi connectivity index (χ3v) is 8.45. The third kappa shape index (κ3) is 6.60. The van der Waals surface area contributed by atoms with Gasteiger partial charge in [0, 0.05) is 26.2 Å². The highest BCUT2D eigenvalue weighted by Gasteiger charge is 2.44. The fraction of sp³-hybridized carbons (Fsp3) is 0.321. The minimum absolute atomic E-state index is 0.0486. The number of rotatable bonds is 10. The maximum absolute atomic E-state index is 13.5. The summed E-state index contributed by atoms with van der Waals surface area (Å²) in [6.45, 7) is 0.270. The van der Waals surface area contributed by atoms with E-state index < -0.39 is 22.3 Å². The van der Waals surface area contributed by atoms with Crippen molar-refractivity contribution < 1.29 is 22.0 Å². The average Bonchev–Trinajstić information content (AvgIpc) is 2.93. The monoisotopic (exact) mass is 527 g/mol. The minimum atomic E-state index is -3.78. The van der Waals surface area contributed by atoms with Gasteiger partial charge < -0.3 is 5.32 Å². The lowest BCUT2D eigenvalue weighted by molar-refractivity contribution is -0.128. The van der Waals surface area contributed by atoms with E-state index in [2.05, 4.69) is 10.0 Å². The van der Waals surface area contributed by atoms with Crippen LogP contribution in [-0.2, 0) is 40.1 Å². The number of nitrogens with zero attached hydrogens (tertiary/aromatic N) is 1. The van der Waals surface area contributed by atoms with E-state index in [1.54, 1.807) is 18.2 Å². The highest BCUT2D eigenvalue weighted by Crippen LogP contribution is 2.36. The van der Waals surface area contributed by atoms with Gasteiger partial charge in [0.2, 0.25) is 5.91 Å². The first-order valence-corrected chi connectivity index (χ1v) is 13.7. The number of piperidine rings is 1. The number of halogens is 2.